The fraction of sp³-hybridized carbons (Fsp3) is 0.632. The molecule has 1 heterocycles. The lowest BCUT2D eigenvalue weighted by molar-refractivity contribution is 0.0397. The average Bonchev–Trinajstić information content (AvgIpc) is 2.59. The van der Waals surface area contributed by atoms with Gasteiger partial charge < -0.3 is 9.84 Å². The Kier molecular flexibility index (Phi) is 7.40. The number of hydrogen-bond donors (Lipinski definition) is 1. The van der Waals surface area contributed by atoms with E-state index in [9.17, 15) is 5.11 Å². The summed E-state index contributed by atoms with van der Waals surface area (Å²) in [6.45, 7) is 7.46. The van der Waals surface area contributed by atoms with Gasteiger partial charge in [-0.05, 0) is 42.9 Å². The van der Waals surface area contributed by atoms with Gasteiger partial charge in [0.05, 0.1) is 32.5 Å². The van der Waals surface area contributed by atoms with Gasteiger partial charge in [0.1, 0.15) is 5.75 Å². The molecule has 128 valence electrons. The van der Waals surface area contributed by atoms with Crippen molar-refractivity contribution >= 4 is 6.21 Å². The van der Waals surface area contributed by atoms with Crippen LogP contribution in [-0.4, -0.2) is 42.6 Å². The van der Waals surface area contributed by atoms with Crippen molar-refractivity contribution in [3.8, 4) is 5.75 Å². The highest BCUT2D eigenvalue weighted by molar-refractivity contribution is 5.84. The van der Waals surface area contributed by atoms with E-state index in [2.05, 4.69) is 31.1 Å². The SMILES string of the molecule is CCCCc1cc(/C=N/N2CCOCC2)c(O)c(CCCC)c1. The highest BCUT2D eigenvalue weighted by Gasteiger charge is 2.10. The van der Waals surface area contributed by atoms with Gasteiger partial charge in [0, 0.05) is 5.56 Å². The van der Waals surface area contributed by atoms with Crippen LogP contribution in [0, 0.1) is 0 Å². The molecule has 1 N–H and O–H groups in total. The Bertz CT molecular complexity index is 508. The largest absolute Gasteiger partial charge is 0.507 e. The topological polar surface area (TPSA) is 45.1 Å². The van der Waals surface area contributed by atoms with Gasteiger partial charge in [-0.15, -0.1) is 0 Å². The molecule has 0 amide bonds. The molecule has 23 heavy (non-hydrogen) atoms. The molecule has 1 aliphatic heterocycles. The fourth-order valence-corrected chi connectivity index (χ4v) is 2.78. The molecule has 4 nitrogen and oxygen atoms in total. The van der Waals surface area contributed by atoms with Crippen LogP contribution in [0.1, 0.15) is 56.2 Å². The lowest BCUT2D eigenvalue weighted by atomic mass is 9.97. The van der Waals surface area contributed by atoms with Gasteiger partial charge in [-0.2, -0.15) is 5.10 Å². The van der Waals surface area contributed by atoms with Crippen LogP contribution in [0.25, 0.3) is 0 Å². The molecule has 1 fully saturated rings. The van der Waals surface area contributed by atoms with E-state index in [4.69, 9.17) is 4.74 Å². The van der Waals surface area contributed by atoms with E-state index >= 15 is 0 Å². The maximum Gasteiger partial charge on any atom is 0.127 e. The number of ether oxygens (including phenoxy) is 1. The molecule has 0 unspecified atom stereocenters. The van der Waals surface area contributed by atoms with E-state index in [0.717, 1.165) is 63.1 Å². The van der Waals surface area contributed by atoms with E-state index in [1.807, 2.05) is 11.2 Å². The Balaban J connectivity index is 2.18. The van der Waals surface area contributed by atoms with Gasteiger partial charge in [0.25, 0.3) is 0 Å². The molecule has 0 radical (unpaired) electrons. The Morgan fingerprint density at radius 1 is 1.13 bits per heavy atom. The second kappa shape index (κ2) is 9.56. The minimum Gasteiger partial charge on any atom is -0.507 e. The molecule has 0 bridgehead atoms. The number of aromatic hydroxyl groups is 1. The Hall–Kier alpha value is -1.55. The van der Waals surface area contributed by atoms with Gasteiger partial charge >= 0.3 is 0 Å². The number of morpholine rings is 1. The minimum atomic E-state index is 0.399. The summed E-state index contributed by atoms with van der Waals surface area (Å²) < 4.78 is 5.34. The number of unbranched alkanes of at least 4 members (excludes halogenated alkanes) is 2. The zero-order valence-electron chi connectivity index (χ0n) is 14.6. The van der Waals surface area contributed by atoms with Gasteiger partial charge in [0.2, 0.25) is 0 Å². The van der Waals surface area contributed by atoms with E-state index < -0.39 is 0 Å². The number of benzene rings is 1. The first kappa shape index (κ1) is 17.8. The summed E-state index contributed by atoms with van der Waals surface area (Å²) in [5.41, 5.74) is 3.21. The molecule has 0 aliphatic carbocycles. The predicted octanol–water partition coefficient (Wildman–Crippen LogP) is 3.74. The van der Waals surface area contributed by atoms with Gasteiger partial charge in [0.15, 0.2) is 0 Å². The van der Waals surface area contributed by atoms with E-state index in [1.165, 1.54) is 18.4 Å². The molecule has 0 saturated carbocycles. The normalized spacial score (nSPS) is 15.5. The van der Waals surface area contributed by atoms with Crippen LogP contribution in [0.3, 0.4) is 0 Å². The number of hydrogen-bond acceptors (Lipinski definition) is 4. The molecule has 0 aromatic heterocycles. The smallest absolute Gasteiger partial charge is 0.127 e. The highest BCUT2D eigenvalue weighted by atomic mass is 16.5. The summed E-state index contributed by atoms with van der Waals surface area (Å²) in [7, 11) is 0. The lowest BCUT2D eigenvalue weighted by Crippen LogP contribution is -2.32. The number of phenols is 1. The molecule has 0 spiro atoms. The standard InChI is InChI=1S/C19H30N2O2/c1-3-5-7-16-13-17(8-6-4-2)19(22)18(14-16)15-20-21-9-11-23-12-10-21/h13-15,22H,3-12H2,1-2H3/b20-15+. The first-order valence-corrected chi connectivity index (χ1v) is 8.96. The number of phenolic OH excluding ortho intramolecular Hbond substituents is 1. The summed E-state index contributed by atoms with van der Waals surface area (Å²) in [5, 5.41) is 17.1. The minimum absolute atomic E-state index is 0.399. The average molecular weight is 318 g/mol. The van der Waals surface area contributed by atoms with Gasteiger partial charge in [-0.25, -0.2) is 0 Å². The molecule has 2 rings (SSSR count). The molecular weight excluding hydrogens is 288 g/mol. The van der Waals surface area contributed by atoms with Crippen molar-refractivity contribution in [3.05, 3.63) is 28.8 Å². The maximum atomic E-state index is 10.6. The van der Waals surface area contributed by atoms with Gasteiger partial charge in [-0.1, -0.05) is 32.8 Å². The van der Waals surface area contributed by atoms with Crippen molar-refractivity contribution in [2.45, 2.75) is 52.4 Å². The molecular formula is C19H30N2O2. The number of aryl methyl sites for hydroxylation is 2. The van der Waals surface area contributed by atoms with Crippen molar-refractivity contribution in [1.29, 1.82) is 0 Å². The summed E-state index contributed by atoms with van der Waals surface area (Å²) >= 11 is 0. The van der Waals surface area contributed by atoms with Crippen molar-refractivity contribution < 1.29 is 9.84 Å². The molecule has 4 heteroatoms. The molecule has 1 saturated heterocycles. The second-order valence-corrected chi connectivity index (χ2v) is 6.21. The summed E-state index contributed by atoms with van der Waals surface area (Å²) in [6, 6.07) is 4.26. The molecule has 1 aromatic rings. The van der Waals surface area contributed by atoms with E-state index in [-0.39, 0.29) is 0 Å². The maximum absolute atomic E-state index is 10.6. The van der Waals surface area contributed by atoms with Crippen LogP contribution in [0.2, 0.25) is 0 Å². The first-order chi connectivity index (χ1) is 11.2. The zero-order valence-corrected chi connectivity index (χ0v) is 14.6. The Labute approximate surface area is 140 Å². The third-order valence-corrected chi connectivity index (χ3v) is 4.24. The van der Waals surface area contributed by atoms with Crippen molar-refractivity contribution in [2.24, 2.45) is 5.10 Å². The van der Waals surface area contributed by atoms with Crippen LogP contribution in [-0.2, 0) is 17.6 Å². The monoisotopic (exact) mass is 318 g/mol. The van der Waals surface area contributed by atoms with Crippen molar-refractivity contribution in [3.63, 3.8) is 0 Å². The third-order valence-electron chi connectivity index (χ3n) is 4.24. The van der Waals surface area contributed by atoms with Crippen LogP contribution in [0.15, 0.2) is 17.2 Å². The van der Waals surface area contributed by atoms with E-state index in [0.29, 0.717) is 5.75 Å². The third kappa shape index (κ3) is 5.54. The first-order valence-electron chi connectivity index (χ1n) is 8.96. The molecule has 0 atom stereocenters. The van der Waals surface area contributed by atoms with Crippen LogP contribution >= 0.6 is 0 Å². The predicted molar refractivity (Wildman–Crippen MR) is 95.3 cm³/mol. The quantitative estimate of drug-likeness (QED) is 0.743. The lowest BCUT2D eigenvalue weighted by Gasteiger charge is -2.23. The Morgan fingerprint density at radius 2 is 1.83 bits per heavy atom. The van der Waals surface area contributed by atoms with Crippen molar-refractivity contribution in [2.75, 3.05) is 26.3 Å². The zero-order chi connectivity index (χ0) is 16.5. The molecule has 1 aromatic carbocycles. The fourth-order valence-electron chi connectivity index (χ4n) is 2.78. The van der Waals surface area contributed by atoms with Gasteiger partial charge in [-0.3, -0.25) is 5.01 Å². The highest BCUT2D eigenvalue weighted by Crippen LogP contribution is 2.26. The summed E-state index contributed by atoms with van der Waals surface area (Å²) in [5.74, 6) is 0.399. The Morgan fingerprint density at radius 3 is 2.52 bits per heavy atom. The van der Waals surface area contributed by atoms with Crippen LogP contribution in [0.5, 0.6) is 5.75 Å². The number of nitrogens with zero attached hydrogens (tertiary/aromatic N) is 2. The van der Waals surface area contributed by atoms with E-state index in [1.54, 1.807) is 0 Å². The summed E-state index contributed by atoms with van der Waals surface area (Å²) in [6.07, 6.45) is 8.40. The van der Waals surface area contributed by atoms with Crippen molar-refractivity contribution in [1.82, 2.24) is 5.01 Å². The van der Waals surface area contributed by atoms with Crippen LogP contribution in [0.4, 0.5) is 0 Å². The number of hydrazone groups is 1. The van der Waals surface area contributed by atoms with Crippen LogP contribution < -0.4 is 0 Å². The second-order valence-electron chi connectivity index (χ2n) is 6.21. The molecule has 1 aliphatic rings. The number of rotatable bonds is 8. The summed E-state index contributed by atoms with van der Waals surface area (Å²) in [4.78, 5) is 0.